The summed E-state index contributed by atoms with van der Waals surface area (Å²) in [7, 11) is 0. The van der Waals surface area contributed by atoms with Crippen LogP contribution in [0.1, 0.15) is 60.9 Å². The molecule has 2 aliphatic rings. The highest BCUT2D eigenvalue weighted by Gasteiger charge is 2.25. The molecule has 2 fully saturated rings. The van der Waals surface area contributed by atoms with Gasteiger partial charge in [-0.2, -0.15) is 0 Å². The van der Waals surface area contributed by atoms with Gasteiger partial charge in [-0.3, -0.25) is 9.59 Å². The van der Waals surface area contributed by atoms with Crippen LogP contribution in [0.2, 0.25) is 0 Å². The quantitative estimate of drug-likeness (QED) is 0.780. The van der Waals surface area contributed by atoms with Crippen molar-refractivity contribution >= 4 is 27.6 Å². The van der Waals surface area contributed by atoms with Crippen molar-refractivity contribution in [2.75, 3.05) is 13.1 Å². The van der Waals surface area contributed by atoms with E-state index < -0.39 is 0 Å². The highest BCUT2D eigenvalue weighted by atomic mass is 79.9. The van der Waals surface area contributed by atoms with Crippen molar-refractivity contribution in [2.24, 2.45) is 5.92 Å². The zero-order valence-electron chi connectivity index (χ0n) is 13.5. The normalized spacial score (nSPS) is 19.1. The van der Waals surface area contributed by atoms with Gasteiger partial charge in [0.2, 0.25) is 0 Å². The minimum atomic E-state index is 0.0847. The second kappa shape index (κ2) is 7.61. The van der Waals surface area contributed by atoms with E-state index in [0.717, 1.165) is 61.7 Å². The van der Waals surface area contributed by atoms with E-state index in [4.69, 9.17) is 0 Å². The van der Waals surface area contributed by atoms with Gasteiger partial charge in [-0.05, 0) is 49.4 Å². The Morgan fingerprint density at radius 1 is 1.04 bits per heavy atom. The zero-order valence-corrected chi connectivity index (χ0v) is 15.1. The molecule has 1 amide bonds. The molecule has 1 heterocycles. The Balaban J connectivity index is 1.78. The molecule has 23 heavy (non-hydrogen) atoms. The molecule has 1 aromatic rings. The molecular weight excluding hydrogens is 354 g/mol. The van der Waals surface area contributed by atoms with Crippen LogP contribution in [0, 0.1) is 5.92 Å². The molecule has 0 unspecified atom stereocenters. The number of halogens is 1. The minimum absolute atomic E-state index is 0.0847. The molecule has 1 saturated heterocycles. The van der Waals surface area contributed by atoms with E-state index in [-0.39, 0.29) is 11.8 Å². The van der Waals surface area contributed by atoms with Crippen LogP contribution in [0.5, 0.6) is 0 Å². The maximum Gasteiger partial charge on any atom is 0.254 e. The summed E-state index contributed by atoms with van der Waals surface area (Å²) in [6.45, 7) is 1.68. The summed E-state index contributed by atoms with van der Waals surface area (Å²) in [4.78, 5) is 27.3. The number of likely N-dealkylation sites (tertiary alicyclic amines) is 1. The Hall–Kier alpha value is -1.16. The lowest BCUT2D eigenvalue weighted by molar-refractivity contribution is -0.123. The lowest BCUT2D eigenvalue weighted by atomic mass is 9.83. The maximum absolute atomic E-state index is 12.7. The first-order valence-corrected chi connectivity index (χ1v) is 9.55. The van der Waals surface area contributed by atoms with E-state index >= 15 is 0 Å². The number of hydrogen-bond acceptors (Lipinski definition) is 2. The number of amides is 1. The predicted molar refractivity (Wildman–Crippen MR) is 94.6 cm³/mol. The van der Waals surface area contributed by atoms with Crippen molar-refractivity contribution in [2.45, 2.75) is 51.4 Å². The van der Waals surface area contributed by atoms with E-state index in [0.29, 0.717) is 17.8 Å². The average Bonchev–Trinajstić information content (AvgIpc) is 3.10. The van der Waals surface area contributed by atoms with E-state index in [1.807, 2.05) is 23.1 Å². The number of ketones is 1. The monoisotopic (exact) mass is 377 g/mol. The zero-order chi connectivity index (χ0) is 16.2. The first-order chi connectivity index (χ1) is 11.1. The third-order valence-corrected chi connectivity index (χ3v) is 5.61. The average molecular weight is 378 g/mol. The molecule has 1 saturated carbocycles. The van der Waals surface area contributed by atoms with Gasteiger partial charge in [0.15, 0.2) is 0 Å². The number of carbonyl (C=O) groups excluding carboxylic acids is 2. The Kier molecular flexibility index (Phi) is 5.52. The molecular formula is C19H24BrNO2. The Bertz CT molecular complexity index is 587. The van der Waals surface area contributed by atoms with Crippen LogP contribution in [-0.4, -0.2) is 29.7 Å². The molecule has 3 rings (SSSR count). The SMILES string of the molecule is O=C(Cc1cc(Br)ccc1C(=O)N1CCCC1)C1CCCCC1. The lowest BCUT2D eigenvalue weighted by Crippen LogP contribution is -2.29. The number of carbonyl (C=O) groups is 2. The Morgan fingerprint density at radius 2 is 1.74 bits per heavy atom. The third kappa shape index (κ3) is 4.03. The van der Waals surface area contributed by atoms with Crippen LogP contribution in [0.4, 0.5) is 0 Å². The number of Topliss-reactive ketones (excluding diaryl/α,β-unsaturated/α-hetero) is 1. The fourth-order valence-electron chi connectivity index (χ4n) is 3.76. The standard InChI is InChI=1S/C19H24BrNO2/c20-16-8-9-17(19(23)21-10-4-5-11-21)15(12-16)13-18(22)14-6-2-1-3-7-14/h8-9,12,14H,1-7,10-11,13H2. The molecule has 0 radical (unpaired) electrons. The van der Waals surface area contributed by atoms with Gasteiger partial charge in [-0.1, -0.05) is 35.2 Å². The van der Waals surface area contributed by atoms with Gasteiger partial charge in [0, 0.05) is 35.5 Å². The summed E-state index contributed by atoms with van der Waals surface area (Å²) >= 11 is 3.48. The molecule has 1 aliphatic heterocycles. The van der Waals surface area contributed by atoms with Crippen molar-refractivity contribution in [3.63, 3.8) is 0 Å². The first-order valence-electron chi connectivity index (χ1n) is 8.75. The largest absolute Gasteiger partial charge is 0.339 e. The first kappa shape index (κ1) is 16.7. The molecule has 0 N–H and O–H groups in total. The van der Waals surface area contributed by atoms with Crippen molar-refractivity contribution in [1.82, 2.24) is 4.90 Å². The smallest absolute Gasteiger partial charge is 0.254 e. The van der Waals surface area contributed by atoms with Gasteiger partial charge in [0.1, 0.15) is 5.78 Å². The highest BCUT2D eigenvalue weighted by molar-refractivity contribution is 9.10. The van der Waals surface area contributed by atoms with Crippen LogP contribution in [0.25, 0.3) is 0 Å². The fraction of sp³-hybridized carbons (Fsp3) is 0.579. The predicted octanol–water partition coefficient (Wildman–Crippen LogP) is 4.38. The minimum Gasteiger partial charge on any atom is -0.339 e. The molecule has 1 aromatic carbocycles. The van der Waals surface area contributed by atoms with Crippen molar-refractivity contribution in [3.8, 4) is 0 Å². The summed E-state index contributed by atoms with van der Waals surface area (Å²) in [5, 5.41) is 0. The third-order valence-electron chi connectivity index (χ3n) is 5.12. The number of hydrogen-bond donors (Lipinski definition) is 0. The molecule has 124 valence electrons. The lowest BCUT2D eigenvalue weighted by Gasteiger charge is -2.22. The van der Waals surface area contributed by atoms with E-state index in [1.165, 1.54) is 6.42 Å². The Morgan fingerprint density at radius 3 is 2.43 bits per heavy atom. The number of rotatable bonds is 4. The van der Waals surface area contributed by atoms with Gasteiger partial charge in [-0.15, -0.1) is 0 Å². The van der Waals surface area contributed by atoms with Crippen LogP contribution in [-0.2, 0) is 11.2 Å². The van der Waals surface area contributed by atoms with E-state index in [2.05, 4.69) is 15.9 Å². The highest BCUT2D eigenvalue weighted by Crippen LogP contribution is 2.27. The van der Waals surface area contributed by atoms with Gasteiger partial charge >= 0.3 is 0 Å². The molecule has 0 spiro atoms. The molecule has 0 atom stereocenters. The van der Waals surface area contributed by atoms with Crippen LogP contribution >= 0.6 is 15.9 Å². The fourth-order valence-corrected chi connectivity index (χ4v) is 4.17. The number of benzene rings is 1. The molecule has 1 aliphatic carbocycles. The van der Waals surface area contributed by atoms with Gasteiger partial charge in [0.25, 0.3) is 5.91 Å². The van der Waals surface area contributed by atoms with E-state index in [9.17, 15) is 9.59 Å². The molecule has 4 heteroatoms. The van der Waals surface area contributed by atoms with Gasteiger partial charge in [0.05, 0.1) is 0 Å². The summed E-state index contributed by atoms with van der Waals surface area (Å²) < 4.78 is 0.932. The van der Waals surface area contributed by atoms with Crippen molar-refractivity contribution < 1.29 is 9.59 Å². The van der Waals surface area contributed by atoms with Crippen LogP contribution in [0.15, 0.2) is 22.7 Å². The maximum atomic E-state index is 12.7. The topological polar surface area (TPSA) is 37.4 Å². The van der Waals surface area contributed by atoms with Crippen molar-refractivity contribution in [3.05, 3.63) is 33.8 Å². The summed E-state index contributed by atoms with van der Waals surface area (Å²) in [5.41, 5.74) is 1.59. The van der Waals surface area contributed by atoms with Crippen LogP contribution < -0.4 is 0 Å². The van der Waals surface area contributed by atoms with E-state index in [1.54, 1.807) is 0 Å². The summed E-state index contributed by atoms with van der Waals surface area (Å²) in [6, 6.07) is 5.72. The Labute approximate surface area is 146 Å². The summed E-state index contributed by atoms with van der Waals surface area (Å²) in [6.07, 6.45) is 8.16. The second-order valence-corrected chi connectivity index (χ2v) is 7.69. The molecule has 0 aromatic heterocycles. The van der Waals surface area contributed by atoms with Crippen LogP contribution in [0.3, 0.4) is 0 Å². The molecule has 0 bridgehead atoms. The summed E-state index contributed by atoms with van der Waals surface area (Å²) in [5.74, 6) is 0.581. The van der Waals surface area contributed by atoms with Gasteiger partial charge < -0.3 is 4.90 Å². The van der Waals surface area contributed by atoms with Gasteiger partial charge in [-0.25, -0.2) is 0 Å². The van der Waals surface area contributed by atoms with Crippen molar-refractivity contribution in [1.29, 1.82) is 0 Å². The second-order valence-electron chi connectivity index (χ2n) is 6.78. The molecule has 3 nitrogen and oxygen atoms in total. The number of nitrogens with zero attached hydrogens (tertiary/aromatic N) is 1.